The van der Waals surface area contributed by atoms with Crippen molar-refractivity contribution in [2.24, 2.45) is 5.73 Å². The van der Waals surface area contributed by atoms with E-state index in [-0.39, 0.29) is 12.5 Å². The smallest absolute Gasteiger partial charge is 0.251 e. The fourth-order valence-electron chi connectivity index (χ4n) is 1.99. The summed E-state index contributed by atoms with van der Waals surface area (Å²) in [6.45, 7) is 1.88. The highest BCUT2D eigenvalue weighted by Crippen LogP contribution is 2.34. The van der Waals surface area contributed by atoms with Gasteiger partial charge in [0.2, 0.25) is 5.91 Å². The molecule has 1 heterocycles. The number of carbonyl (C=O) groups is 1. The lowest BCUT2D eigenvalue weighted by molar-refractivity contribution is -0.135. The summed E-state index contributed by atoms with van der Waals surface area (Å²) >= 11 is 0. The van der Waals surface area contributed by atoms with E-state index in [2.05, 4.69) is 0 Å². The summed E-state index contributed by atoms with van der Waals surface area (Å²) in [5.41, 5.74) is 5.18. The zero-order chi connectivity index (χ0) is 11.8. The average Bonchev–Trinajstić information content (AvgIpc) is 2.97. The molecule has 2 aliphatic rings. The van der Waals surface area contributed by atoms with Gasteiger partial charge in [-0.05, 0) is 12.8 Å². The topological polar surface area (TPSA) is 49.6 Å². The molecule has 92 valence electrons. The molecule has 0 aromatic heterocycles. The second kappa shape index (κ2) is 4.25. The standard InChI is InChI=1S/C10H17F2N3O/c11-8(12)7-14-3-5-15(6-4-14)9(16)10(13)1-2-10/h8H,1-7,13H2. The van der Waals surface area contributed by atoms with E-state index in [0.29, 0.717) is 26.2 Å². The minimum atomic E-state index is -2.30. The summed E-state index contributed by atoms with van der Waals surface area (Å²) in [5.74, 6) is -0.0100. The van der Waals surface area contributed by atoms with E-state index in [0.717, 1.165) is 12.8 Å². The molecular weight excluding hydrogens is 216 g/mol. The van der Waals surface area contributed by atoms with Gasteiger partial charge in [-0.15, -0.1) is 0 Å². The first-order valence-corrected chi connectivity index (χ1v) is 5.60. The van der Waals surface area contributed by atoms with E-state index in [1.54, 1.807) is 9.80 Å². The van der Waals surface area contributed by atoms with Gasteiger partial charge in [-0.25, -0.2) is 8.78 Å². The number of hydrogen-bond donors (Lipinski definition) is 1. The number of halogens is 2. The van der Waals surface area contributed by atoms with Gasteiger partial charge >= 0.3 is 0 Å². The molecule has 0 atom stereocenters. The molecule has 1 saturated heterocycles. The number of piperazine rings is 1. The van der Waals surface area contributed by atoms with Crippen LogP contribution in [-0.2, 0) is 4.79 Å². The van der Waals surface area contributed by atoms with E-state index in [4.69, 9.17) is 5.73 Å². The van der Waals surface area contributed by atoms with Gasteiger partial charge in [-0.3, -0.25) is 9.69 Å². The van der Waals surface area contributed by atoms with Crippen molar-refractivity contribution >= 4 is 5.91 Å². The quantitative estimate of drug-likeness (QED) is 0.740. The van der Waals surface area contributed by atoms with Crippen LogP contribution in [0.15, 0.2) is 0 Å². The first-order valence-electron chi connectivity index (χ1n) is 5.60. The second-order valence-electron chi connectivity index (χ2n) is 4.64. The van der Waals surface area contributed by atoms with Crippen LogP contribution in [0.25, 0.3) is 0 Å². The largest absolute Gasteiger partial charge is 0.339 e. The fourth-order valence-corrected chi connectivity index (χ4v) is 1.99. The van der Waals surface area contributed by atoms with Crippen molar-refractivity contribution in [2.45, 2.75) is 24.8 Å². The van der Waals surface area contributed by atoms with Crippen LogP contribution < -0.4 is 5.73 Å². The van der Waals surface area contributed by atoms with Crippen LogP contribution >= 0.6 is 0 Å². The van der Waals surface area contributed by atoms with Crippen molar-refractivity contribution in [2.75, 3.05) is 32.7 Å². The molecule has 0 radical (unpaired) electrons. The molecule has 1 aliphatic carbocycles. The van der Waals surface area contributed by atoms with Gasteiger partial charge < -0.3 is 10.6 Å². The molecular formula is C10H17F2N3O. The fraction of sp³-hybridized carbons (Fsp3) is 0.900. The lowest BCUT2D eigenvalue weighted by Crippen LogP contribution is -2.54. The zero-order valence-electron chi connectivity index (χ0n) is 9.16. The predicted octanol–water partition coefficient (Wildman–Crippen LogP) is -0.113. The lowest BCUT2D eigenvalue weighted by atomic mass is 10.2. The number of alkyl halides is 2. The van der Waals surface area contributed by atoms with E-state index in [1.807, 2.05) is 0 Å². The number of hydrogen-bond acceptors (Lipinski definition) is 3. The van der Waals surface area contributed by atoms with Crippen LogP contribution in [0.5, 0.6) is 0 Å². The average molecular weight is 233 g/mol. The van der Waals surface area contributed by atoms with Crippen molar-refractivity contribution in [3.05, 3.63) is 0 Å². The maximum atomic E-state index is 12.1. The van der Waals surface area contributed by atoms with E-state index >= 15 is 0 Å². The Balaban J connectivity index is 1.79. The Morgan fingerprint density at radius 2 is 1.81 bits per heavy atom. The van der Waals surface area contributed by atoms with Crippen LogP contribution in [-0.4, -0.2) is 60.4 Å². The maximum absolute atomic E-state index is 12.1. The number of carbonyl (C=O) groups excluding carboxylic acids is 1. The summed E-state index contributed by atoms with van der Waals surface area (Å²) in [6, 6.07) is 0. The van der Waals surface area contributed by atoms with Gasteiger partial charge in [0, 0.05) is 26.2 Å². The van der Waals surface area contributed by atoms with E-state index in [9.17, 15) is 13.6 Å². The number of nitrogens with zero attached hydrogens (tertiary/aromatic N) is 2. The molecule has 16 heavy (non-hydrogen) atoms. The van der Waals surface area contributed by atoms with Gasteiger partial charge in [0.1, 0.15) is 0 Å². The van der Waals surface area contributed by atoms with Crippen molar-refractivity contribution < 1.29 is 13.6 Å². The van der Waals surface area contributed by atoms with Crippen molar-refractivity contribution in [1.29, 1.82) is 0 Å². The first-order chi connectivity index (χ1) is 7.51. The third-order valence-corrected chi connectivity index (χ3v) is 3.27. The molecule has 0 unspecified atom stereocenters. The molecule has 2 fully saturated rings. The Bertz CT molecular complexity index is 273. The summed E-state index contributed by atoms with van der Waals surface area (Å²) in [5, 5.41) is 0. The SMILES string of the molecule is NC1(C(=O)N2CCN(CC(F)F)CC2)CC1. The Labute approximate surface area is 93.4 Å². The Hall–Kier alpha value is -0.750. The molecule has 2 N–H and O–H groups in total. The first kappa shape index (κ1) is 11.7. The molecule has 6 heteroatoms. The minimum Gasteiger partial charge on any atom is -0.339 e. The third-order valence-electron chi connectivity index (χ3n) is 3.27. The van der Waals surface area contributed by atoms with Crippen molar-refractivity contribution in [3.8, 4) is 0 Å². The highest BCUT2D eigenvalue weighted by Gasteiger charge is 2.48. The molecule has 1 saturated carbocycles. The normalized spacial score (nSPS) is 24.9. The van der Waals surface area contributed by atoms with Crippen molar-refractivity contribution in [1.82, 2.24) is 9.80 Å². The van der Waals surface area contributed by atoms with E-state index < -0.39 is 12.0 Å². The van der Waals surface area contributed by atoms with Crippen LogP contribution in [0.1, 0.15) is 12.8 Å². The minimum absolute atomic E-state index is 0.0100. The Morgan fingerprint density at radius 3 is 2.25 bits per heavy atom. The second-order valence-corrected chi connectivity index (χ2v) is 4.64. The maximum Gasteiger partial charge on any atom is 0.251 e. The Morgan fingerprint density at radius 1 is 1.25 bits per heavy atom. The van der Waals surface area contributed by atoms with E-state index in [1.165, 1.54) is 0 Å². The highest BCUT2D eigenvalue weighted by molar-refractivity contribution is 5.89. The van der Waals surface area contributed by atoms with Crippen LogP contribution in [0.3, 0.4) is 0 Å². The van der Waals surface area contributed by atoms with Crippen LogP contribution in [0.2, 0.25) is 0 Å². The molecule has 2 rings (SSSR count). The number of nitrogens with two attached hydrogens (primary N) is 1. The molecule has 0 spiro atoms. The molecule has 4 nitrogen and oxygen atoms in total. The Kier molecular flexibility index (Phi) is 3.12. The summed E-state index contributed by atoms with van der Waals surface area (Å²) in [7, 11) is 0. The lowest BCUT2D eigenvalue weighted by Gasteiger charge is -2.35. The molecule has 1 aliphatic heterocycles. The van der Waals surface area contributed by atoms with Gasteiger partial charge in [0.15, 0.2) is 0 Å². The molecule has 0 bridgehead atoms. The highest BCUT2D eigenvalue weighted by atomic mass is 19.3. The molecule has 0 aromatic rings. The summed E-state index contributed by atoms with van der Waals surface area (Å²) in [6.07, 6.45) is -0.793. The molecule has 1 amide bonds. The molecule has 0 aromatic carbocycles. The van der Waals surface area contributed by atoms with Gasteiger partial charge in [0.05, 0.1) is 12.1 Å². The van der Waals surface area contributed by atoms with Crippen LogP contribution in [0, 0.1) is 0 Å². The number of amides is 1. The van der Waals surface area contributed by atoms with Gasteiger partial charge in [-0.1, -0.05) is 0 Å². The van der Waals surface area contributed by atoms with Crippen molar-refractivity contribution in [3.63, 3.8) is 0 Å². The van der Waals surface area contributed by atoms with Crippen LogP contribution in [0.4, 0.5) is 8.78 Å². The zero-order valence-corrected chi connectivity index (χ0v) is 9.16. The predicted molar refractivity (Wildman–Crippen MR) is 55.2 cm³/mol. The summed E-state index contributed by atoms with van der Waals surface area (Å²) < 4.78 is 24.3. The van der Waals surface area contributed by atoms with Gasteiger partial charge in [-0.2, -0.15) is 0 Å². The monoisotopic (exact) mass is 233 g/mol. The van der Waals surface area contributed by atoms with Gasteiger partial charge in [0.25, 0.3) is 6.43 Å². The summed E-state index contributed by atoms with van der Waals surface area (Å²) in [4.78, 5) is 15.2. The third kappa shape index (κ3) is 2.49. The number of rotatable bonds is 3.